The third-order valence-electron chi connectivity index (χ3n) is 15.5. The Balaban J connectivity index is 1.22. The van der Waals surface area contributed by atoms with Crippen molar-refractivity contribution in [2.24, 2.45) is 17.4 Å². The zero-order valence-corrected chi connectivity index (χ0v) is 40.8. The van der Waals surface area contributed by atoms with Crippen molar-refractivity contribution in [2.45, 2.75) is 125 Å². The van der Waals surface area contributed by atoms with Gasteiger partial charge in [0.15, 0.2) is 23.1 Å². The molecule has 2 bridgehead atoms. The Kier molecular flexibility index (Phi) is 15.2. The van der Waals surface area contributed by atoms with E-state index in [4.69, 9.17) is 35.2 Å². The van der Waals surface area contributed by atoms with Crippen molar-refractivity contribution < 1.29 is 68.4 Å². The standard InChI is InChI=1S/C53H65N7O14/c54-37-21-27(11-16-56-37)13-19-70-47-43(67)44(68)48-53(14-3-4-15-53)72-24-29(6-5-17-61)38(32-7-1-2-8-36(32)60-26-57-40-49(60)58-52(55)59-50(40)69)35-22-34-39(42(66)33-20-28(23-63)9-10-31(33)41(34)65)46(45(35)73-51(47)74-48)71-25-30(64)12-18-62/h1-2,7-11,18,20-22,29-30,38,40,43-44,47-49,51-52,56-58,61,63-64,67-68H,3-6,12-17,19,23-26,54-55H2,(H,59,69)/t29-,30-,38+,40-,43-,44-,47+,48-,49-,51+,52-/m1/s1. The molecule has 5 heterocycles. The Morgan fingerprint density at radius 3 is 2.57 bits per heavy atom. The number of aliphatic hydroxyl groups excluding tert-OH is 5. The van der Waals surface area contributed by atoms with Crippen LogP contribution in [-0.2, 0) is 30.4 Å². The van der Waals surface area contributed by atoms with Gasteiger partial charge in [0.1, 0.15) is 55.8 Å². The molecule has 11 atom stereocenters. The van der Waals surface area contributed by atoms with Crippen LogP contribution in [0.3, 0.4) is 0 Å². The molecule has 3 saturated heterocycles. The number of carbonyl (C=O) groups excluding carboxylic acids is 4. The average molecular weight is 1020 g/mol. The van der Waals surface area contributed by atoms with E-state index in [1.165, 1.54) is 12.1 Å². The topological polar surface area (TPSA) is 319 Å². The molecule has 74 heavy (non-hydrogen) atoms. The molecule has 396 valence electrons. The van der Waals surface area contributed by atoms with Gasteiger partial charge in [0.2, 0.25) is 12.2 Å². The molecule has 1 saturated carbocycles. The molecule has 10 rings (SSSR count). The summed E-state index contributed by atoms with van der Waals surface area (Å²) >= 11 is 0. The smallest absolute Gasteiger partial charge is 0.242 e. The summed E-state index contributed by atoms with van der Waals surface area (Å²) in [6, 6.07) is 12.9. The van der Waals surface area contributed by atoms with Crippen LogP contribution in [0, 0.1) is 5.92 Å². The second-order valence-corrected chi connectivity index (χ2v) is 20.1. The van der Waals surface area contributed by atoms with Crippen LogP contribution in [0.25, 0.3) is 0 Å². The maximum absolute atomic E-state index is 15.2. The molecule has 0 radical (unpaired) electrons. The molecule has 7 aliphatic rings. The van der Waals surface area contributed by atoms with Crippen molar-refractivity contribution in [3.8, 4) is 11.5 Å². The average Bonchev–Trinajstić information content (AvgIpc) is 4.06. The number of carbonyl (C=O) groups is 4. The lowest BCUT2D eigenvalue weighted by atomic mass is 9.74. The second-order valence-electron chi connectivity index (χ2n) is 20.1. The van der Waals surface area contributed by atoms with Gasteiger partial charge >= 0.3 is 0 Å². The molecule has 0 unspecified atom stereocenters. The predicted molar refractivity (Wildman–Crippen MR) is 264 cm³/mol. The zero-order chi connectivity index (χ0) is 51.8. The number of hydrogen-bond donors (Lipinski definition) is 11. The number of ketones is 2. The predicted octanol–water partition coefficient (Wildman–Crippen LogP) is 0.101. The van der Waals surface area contributed by atoms with Crippen LogP contribution in [0.4, 0.5) is 5.69 Å². The van der Waals surface area contributed by atoms with Gasteiger partial charge in [-0.1, -0.05) is 43.2 Å². The summed E-state index contributed by atoms with van der Waals surface area (Å²) in [6.45, 7) is -0.476. The fourth-order valence-corrected chi connectivity index (χ4v) is 11.9. The SMILES string of the molecule is NC1=CC(CCO[C@@H]2[C@H]3Oc4c(cc5c(c4OC[C@H](O)CC=O)C(=O)c4cc(CO)ccc4C5=O)[C@H](c4ccccc4N4CN[C@H]5C(=O)N[C@H](N)N[C@@H]54)[C@H](CCCO)COC4(CCCC4)[C@H](O3)[C@H](O)[C@H]2O)=CCN1. The monoisotopic (exact) mass is 1020 g/mol. The summed E-state index contributed by atoms with van der Waals surface area (Å²) in [5.41, 5.74) is 13.8. The van der Waals surface area contributed by atoms with Crippen LogP contribution in [0.5, 0.6) is 11.5 Å². The number of dihydropyridines is 1. The van der Waals surface area contributed by atoms with E-state index in [0.717, 1.165) is 5.57 Å². The van der Waals surface area contributed by atoms with Gasteiger partial charge in [-0.3, -0.25) is 30.8 Å². The van der Waals surface area contributed by atoms with Crippen LogP contribution < -0.4 is 47.1 Å². The second kappa shape index (κ2) is 21.8. The summed E-state index contributed by atoms with van der Waals surface area (Å²) in [5.74, 6) is -2.91. The summed E-state index contributed by atoms with van der Waals surface area (Å²) in [7, 11) is 0. The fourth-order valence-electron chi connectivity index (χ4n) is 11.9. The molecule has 2 aliphatic carbocycles. The van der Waals surface area contributed by atoms with Gasteiger partial charge < -0.3 is 75.3 Å². The number of aldehydes is 1. The molecule has 4 fully saturated rings. The van der Waals surface area contributed by atoms with Crippen LogP contribution >= 0.6 is 0 Å². The molecule has 1 spiro atoms. The lowest BCUT2D eigenvalue weighted by Crippen LogP contribution is -2.70. The number of benzene rings is 3. The quantitative estimate of drug-likeness (QED) is 0.0704. The van der Waals surface area contributed by atoms with Gasteiger partial charge in [-0.15, -0.1) is 0 Å². The van der Waals surface area contributed by atoms with Crippen LogP contribution in [0.15, 0.2) is 72.1 Å². The number of hydrogen-bond acceptors (Lipinski definition) is 20. The number of aliphatic hydroxyl groups is 5. The van der Waals surface area contributed by atoms with Gasteiger partial charge in [0.05, 0.1) is 49.6 Å². The summed E-state index contributed by atoms with van der Waals surface area (Å²) < 4.78 is 34.4. The number of allylic oxidation sites excluding steroid dienone is 1. The Morgan fingerprint density at radius 2 is 1.80 bits per heavy atom. The van der Waals surface area contributed by atoms with E-state index in [2.05, 4.69) is 21.3 Å². The molecule has 3 aromatic carbocycles. The minimum atomic E-state index is -1.63. The molecular weight excluding hydrogens is 959 g/mol. The number of rotatable bonds is 15. The number of amides is 1. The minimum absolute atomic E-state index is 0.00681. The highest BCUT2D eigenvalue weighted by molar-refractivity contribution is 6.29. The Hall–Kier alpha value is -5.82. The highest BCUT2D eigenvalue weighted by Gasteiger charge is 2.57. The number of para-hydroxylation sites is 1. The first-order chi connectivity index (χ1) is 35.8. The molecule has 21 heteroatoms. The van der Waals surface area contributed by atoms with E-state index in [0.29, 0.717) is 80.4 Å². The number of ether oxygens (including phenoxy) is 5. The van der Waals surface area contributed by atoms with Gasteiger partial charge in [-0.05, 0) is 85.1 Å². The highest BCUT2D eigenvalue weighted by atomic mass is 16.7. The molecule has 13 N–H and O–H groups in total. The van der Waals surface area contributed by atoms with Crippen LogP contribution in [0.2, 0.25) is 0 Å². The van der Waals surface area contributed by atoms with Crippen molar-refractivity contribution in [1.82, 2.24) is 21.3 Å². The molecule has 1 amide bonds. The van der Waals surface area contributed by atoms with E-state index in [-0.39, 0.29) is 78.1 Å². The molecule has 3 aromatic rings. The number of nitrogens with one attached hydrogen (secondary N) is 4. The van der Waals surface area contributed by atoms with Gasteiger partial charge in [0.25, 0.3) is 0 Å². The van der Waals surface area contributed by atoms with Crippen molar-refractivity contribution in [2.75, 3.05) is 44.5 Å². The minimum Gasteiger partial charge on any atom is -0.486 e. The first kappa shape index (κ1) is 51.7. The lowest BCUT2D eigenvalue weighted by molar-refractivity contribution is -0.317. The van der Waals surface area contributed by atoms with Crippen molar-refractivity contribution in [1.29, 1.82) is 0 Å². The van der Waals surface area contributed by atoms with E-state index >= 15 is 9.59 Å². The maximum Gasteiger partial charge on any atom is 0.242 e. The molecular formula is C53H65N7O14. The van der Waals surface area contributed by atoms with Gasteiger partial charge in [0, 0.05) is 53.4 Å². The maximum atomic E-state index is 15.2. The normalized spacial score (nSPS) is 29.5. The third-order valence-corrected chi connectivity index (χ3v) is 15.5. The fraction of sp³-hybridized carbons (Fsp3) is 0.509. The van der Waals surface area contributed by atoms with Crippen molar-refractivity contribution in [3.63, 3.8) is 0 Å². The third kappa shape index (κ3) is 9.71. The first-order valence-electron chi connectivity index (χ1n) is 25.5. The van der Waals surface area contributed by atoms with Gasteiger partial charge in [-0.2, -0.15) is 0 Å². The van der Waals surface area contributed by atoms with E-state index in [1.807, 2.05) is 35.2 Å². The number of fused-ring (bicyclic) bond motifs is 7. The zero-order valence-electron chi connectivity index (χ0n) is 40.8. The lowest BCUT2D eigenvalue weighted by Gasteiger charge is -2.48. The van der Waals surface area contributed by atoms with E-state index in [1.54, 1.807) is 18.2 Å². The largest absolute Gasteiger partial charge is 0.486 e. The van der Waals surface area contributed by atoms with E-state index in [9.17, 15) is 35.1 Å². The number of nitrogens with zero attached hydrogens (tertiary/aromatic N) is 1. The van der Waals surface area contributed by atoms with Crippen LogP contribution in [0.1, 0.15) is 106 Å². The van der Waals surface area contributed by atoms with Crippen molar-refractivity contribution >= 4 is 29.4 Å². The molecule has 21 nitrogen and oxygen atoms in total. The van der Waals surface area contributed by atoms with Crippen LogP contribution in [-0.4, -0.2) is 150 Å². The molecule has 0 aromatic heterocycles. The summed E-state index contributed by atoms with van der Waals surface area (Å²) in [4.78, 5) is 57.4. The summed E-state index contributed by atoms with van der Waals surface area (Å²) in [5, 5.41) is 68.8. The highest BCUT2D eigenvalue weighted by Crippen LogP contribution is 2.53. The Labute approximate surface area is 427 Å². The molecule has 5 aliphatic heterocycles. The van der Waals surface area contributed by atoms with E-state index < -0.39 is 97.5 Å². The van der Waals surface area contributed by atoms with Crippen molar-refractivity contribution in [3.05, 3.63) is 111 Å². The number of anilines is 1. The number of nitrogens with two attached hydrogens (primary N) is 2. The Morgan fingerprint density at radius 1 is 0.986 bits per heavy atom. The first-order valence-corrected chi connectivity index (χ1v) is 25.5. The Bertz CT molecular complexity index is 2700. The van der Waals surface area contributed by atoms with Gasteiger partial charge in [-0.25, -0.2) is 0 Å². The summed E-state index contributed by atoms with van der Waals surface area (Å²) in [6.07, 6.45) is -3.02.